The highest BCUT2D eigenvalue weighted by Crippen LogP contribution is 2.34. The quantitative estimate of drug-likeness (QED) is 0.640. The van der Waals surface area contributed by atoms with Gasteiger partial charge in [-0.05, 0) is 44.0 Å². The molecule has 1 amide bonds. The van der Waals surface area contributed by atoms with Gasteiger partial charge in [0.05, 0.1) is 18.4 Å². The summed E-state index contributed by atoms with van der Waals surface area (Å²) in [5.74, 6) is -0.141. The van der Waals surface area contributed by atoms with Gasteiger partial charge in [-0.1, -0.05) is 6.92 Å². The van der Waals surface area contributed by atoms with Crippen LogP contribution >= 0.6 is 11.3 Å². The van der Waals surface area contributed by atoms with E-state index < -0.39 is 5.97 Å². The van der Waals surface area contributed by atoms with Gasteiger partial charge < -0.3 is 14.5 Å². The third-order valence-electron chi connectivity index (χ3n) is 3.22. The summed E-state index contributed by atoms with van der Waals surface area (Å²) < 4.78 is 10.2. The molecule has 23 heavy (non-hydrogen) atoms. The zero-order chi connectivity index (χ0) is 16.8. The average molecular weight is 333 g/mol. The van der Waals surface area contributed by atoms with E-state index >= 15 is 0 Å². The van der Waals surface area contributed by atoms with E-state index in [0.717, 1.165) is 10.4 Å². The highest BCUT2D eigenvalue weighted by molar-refractivity contribution is 7.16. The number of hydrogen-bond donors (Lipinski definition) is 1. The van der Waals surface area contributed by atoms with E-state index in [1.807, 2.05) is 13.8 Å². The molecule has 0 saturated heterocycles. The number of aryl methyl sites for hydroxylation is 1. The van der Waals surface area contributed by atoms with Gasteiger partial charge in [-0.25, -0.2) is 4.79 Å². The second kappa shape index (κ2) is 7.78. The summed E-state index contributed by atoms with van der Waals surface area (Å²) >= 11 is 1.38. The van der Waals surface area contributed by atoms with Gasteiger partial charge in [0.1, 0.15) is 10.8 Å². The number of carbonyl (C=O) groups is 2. The van der Waals surface area contributed by atoms with Gasteiger partial charge in [0, 0.05) is 11.0 Å². The first-order valence-corrected chi connectivity index (χ1v) is 8.20. The number of carbonyl (C=O) groups excluding carboxylic acids is 2. The standard InChI is InChI=1S/C17H19NO4S/c1-4-13-11(3)23-16(15(13)17(20)21-5-2)18-14(19)9-8-12-7-6-10-22-12/h6-10H,4-5H2,1-3H3,(H,18,19). The SMILES string of the molecule is CCOC(=O)c1c(NC(=O)C=Cc2ccco2)sc(C)c1CC. The number of furan rings is 1. The Kier molecular flexibility index (Phi) is 5.76. The molecule has 2 rings (SSSR count). The third-order valence-corrected chi connectivity index (χ3v) is 4.28. The van der Waals surface area contributed by atoms with Crippen molar-refractivity contribution in [2.24, 2.45) is 0 Å². The Bertz CT molecular complexity index is 713. The van der Waals surface area contributed by atoms with Crippen LogP contribution in [0.1, 0.15) is 40.4 Å². The van der Waals surface area contributed by atoms with Crippen molar-refractivity contribution in [2.45, 2.75) is 27.2 Å². The summed E-state index contributed by atoms with van der Waals surface area (Å²) in [6.07, 6.45) is 5.18. The monoisotopic (exact) mass is 333 g/mol. The molecule has 0 unspecified atom stereocenters. The predicted octanol–water partition coefficient (Wildman–Crippen LogP) is 4.04. The Balaban J connectivity index is 2.21. The maximum absolute atomic E-state index is 12.2. The Morgan fingerprint density at radius 3 is 2.78 bits per heavy atom. The summed E-state index contributed by atoms with van der Waals surface area (Å²) in [7, 11) is 0. The molecule has 0 aliphatic rings. The second-order valence-corrected chi connectivity index (χ2v) is 5.98. The minimum Gasteiger partial charge on any atom is -0.465 e. The van der Waals surface area contributed by atoms with Crippen molar-refractivity contribution >= 4 is 34.3 Å². The first-order chi connectivity index (χ1) is 11.1. The molecule has 0 bridgehead atoms. The van der Waals surface area contributed by atoms with E-state index in [9.17, 15) is 9.59 Å². The lowest BCUT2D eigenvalue weighted by molar-refractivity contribution is -0.111. The molecule has 0 aliphatic carbocycles. The molecule has 0 radical (unpaired) electrons. The fourth-order valence-electron chi connectivity index (χ4n) is 2.21. The lowest BCUT2D eigenvalue weighted by atomic mass is 10.1. The van der Waals surface area contributed by atoms with E-state index in [1.54, 1.807) is 25.1 Å². The highest BCUT2D eigenvalue weighted by Gasteiger charge is 2.22. The first-order valence-electron chi connectivity index (χ1n) is 7.38. The van der Waals surface area contributed by atoms with Gasteiger partial charge in [-0.15, -0.1) is 11.3 Å². The van der Waals surface area contributed by atoms with E-state index in [0.29, 0.717) is 29.4 Å². The Labute approximate surface area is 139 Å². The molecule has 0 fully saturated rings. The summed E-state index contributed by atoms with van der Waals surface area (Å²) in [6, 6.07) is 3.49. The first kappa shape index (κ1) is 17.0. The van der Waals surface area contributed by atoms with E-state index in [4.69, 9.17) is 9.15 Å². The molecular weight excluding hydrogens is 314 g/mol. The van der Waals surface area contributed by atoms with Crippen molar-refractivity contribution in [3.05, 3.63) is 46.2 Å². The van der Waals surface area contributed by atoms with Crippen molar-refractivity contribution in [2.75, 3.05) is 11.9 Å². The van der Waals surface area contributed by atoms with Crippen molar-refractivity contribution in [1.82, 2.24) is 0 Å². The molecule has 0 atom stereocenters. The van der Waals surface area contributed by atoms with Gasteiger partial charge in [0.25, 0.3) is 0 Å². The molecule has 2 aromatic heterocycles. The Morgan fingerprint density at radius 2 is 2.17 bits per heavy atom. The molecule has 6 heteroatoms. The van der Waals surface area contributed by atoms with E-state index in [1.165, 1.54) is 23.7 Å². The summed E-state index contributed by atoms with van der Waals surface area (Å²) in [5, 5.41) is 3.28. The molecule has 0 aliphatic heterocycles. The van der Waals surface area contributed by atoms with Crippen LogP contribution in [0.2, 0.25) is 0 Å². The number of nitrogens with one attached hydrogen (secondary N) is 1. The normalized spacial score (nSPS) is 10.9. The van der Waals surface area contributed by atoms with Crippen LogP contribution in [0.25, 0.3) is 6.08 Å². The van der Waals surface area contributed by atoms with Crippen LogP contribution in [0.5, 0.6) is 0 Å². The van der Waals surface area contributed by atoms with Crippen LogP contribution in [0.3, 0.4) is 0 Å². The van der Waals surface area contributed by atoms with Crippen LogP contribution in [0.4, 0.5) is 5.00 Å². The van der Waals surface area contributed by atoms with Crippen LogP contribution in [0.15, 0.2) is 28.9 Å². The second-order valence-electron chi connectivity index (χ2n) is 4.75. The number of thiophene rings is 1. The zero-order valence-corrected chi connectivity index (χ0v) is 14.2. The Hall–Kier alpha value is -2.34. The minimum absolute atomic E-state index is 0.294. The van der Waals surface area contributed by atoms with Crippen LogP contribution in [-0.4, -0.2) is 18.5 Å². The van der Waals surface area contributed by atoms with Gasteiger partial charge in [-0.3, -0.25) is 4.79 Å². The van der Waals surface area contributed by atoms with E-state index in [2.05, 4.69) is 5.32 Å². The predicted molar refractivity (Wildman–Crippen MR) is 90.8 cm³/mol. The van der Waals surface area contributed by atoms with Crippen LogP contribution < -0.4 is 5.32 Å². The van der Waals surface area contributed by atoms with E-state index in [-0.39, 0.29) is 5.91 Å². The zero-order valence-electron chi connectivity index (χ0n) is 13.3. The lowest BCUT2D eigenvalue weighted by Crippen LogP contribution is -2.13. The molecule has 0 spiro atoms. The molecular formula is C17H19NO4S. The molecule has 2 aromatic rings. The number of esters is 1. The largest absolute Gasteiger partial charge is 0.465 e. The van der Waals surface area contributed by atoms with Gasteiger partial charge in [0.2, 0.25) is 5.91 Å². The number of amides is 1. The van der Waals surface area contributed by atoms with Crippen molar-refractivity contribution < 1.29 is 18.7 Å². The van der Waals surface area contributed by atoms with Crippen molar-refractivity contribution in [3.63, 3.8) is 0 Å². The lowest BCUT2D eigenvalue weighted by Gasteiger charge is -2.06. The maximum atomic E-state index is 12.2. The maximum Gasteiger partial charge on any atom is 0.341 e. The smallest absolute Gasteiger partial charge is 0.341 e. The Morgan fingerprint density at radius 1 is 1.39 bits per heavy atom. The van der Waals surface area contributed by atoms with Crippen LogP contribution in [0, 0.1) is 6.92 Å². The number of hydrogen-bond acceptors (Lipinski definition) is 5. The highest BCUT2D eigenvalue weighted by atomic mass is 32.1. The van der Waals surface area contributed by atoms with Gasteiger partial charge in [-0.2, -0.15) is 0 Å². The van der Waals surface area contributed by atoms with Gasteiger partial charge in [0.15, 0.2) is 0 Å². The molecule has 0 saturated carbocycles. The minimum atomic E-state index is -0.404. The topological polar surface area (TPSA) is 68.5 Å². The van der Waals surface area contributed by atoms with Crippen molar-refractivity contribution in [1.29, 1.82) is 0 Å². The molecule has 1 N–H and O–H groups in total. The summed E-state index contributed by atoms with van der Waals surface area (Å²) in [5.41, 5.74) is 1.37. The summed E-state index contributed by atoms with van der Waals surface area (Å²) in [6.45, 7) is 5.95. The fourth-order valence-corrected chi connectivity index (χ4v) is 3.35. The third kappa shape index (κ3) is 4.10. The van der Waals surface area contributed by atoms with Crippen molar-refractivity contribution in [3.8, 4) is 0 Å². The summed E-state index contributed by atoms with van der Waals surface area (Å²) in [4.78, 5) is 25.2. The molecule has 0 aromatic carbocycles. The molecule has 122 valence electrons. The average Bonchev–Trinajstić information content (AvgIpc) is 3.12. The molecule has 2 heterocycles. The number of ether oxygens (including phenoxy) is 1. The van der Waals surface area contributed by atoms with Gasteiger partial charge >= 0.3 is 5.97 Å². The fraction of sp³-hybridized carbons (Fsp3) is 0.294. The number of rotatable bonds is 6. The number of anilines is 1. The molecule has 5 nitrogen and oxygen atoms in total. The van der Waals surface area contributed by atoms with Crippen LogP contribution in [-0.2, 0) is 16.0 Å².